The largest absolute Gasteiger partial charge is 0.468 e. The van der Waals surface area contributed by atoms with Gasteiger partial charge in [0.25, 0.3) is 0 Å². The van der Waals surface area contributed by atoms with Crippen LogP contribution in [0, 0.1) is 5.82 Å². The summed E-state index contributed by atoms with van der Waals surface area (Å²) in [6, 6.07) is 7.66. The number of hydrogen-bond donors (Lipinski definition) is 0. The third-order valence-corrected chi connectivity index (χ3v) is 3.92. The minimum absolute atomic E-state index is 0.165. The Hall–Kier alpha value is -0.456. The molecule has 4 heteroatoms. The molecule has 0 fully saturated rings. The van der Waals surface area contributed by atoms with E-state index >= 15 is 0 Å². The van der Waals surface area contributed by atoms with E-state index in [1.165, 1.54) is 17.7 Å². The molecule has 0 amide bonds. The van der Waals surface area contributed by atoms with Crippen molar-refractivity contribution >= 4 is 20.2 Å². The molecular weight excluding hydrogens is 175 g/mol. The van der Waals surface area contributed by atoms with Crippen LogP contribution in [0.3, 0.4) is 0 Å². The third kappa shape index (κ3) is 2.96. The molecule has 0 unspecified atom stereocenters. The van der Waals surface area contributed by atoms with E-state index in [1.807, 2.05) is 12.1 Å². The Labute approximate surface area is 71.1 Å². The zero-order valence-electron chi connectivity index (χ0n) is 6.51. The molecule has 0 spiro atoms. The molecule has 0 aliphatic heterocycles. The maximum Gasteiger partial charge on any atom is 0.150 e. The van der Waals surface area contributed by atoms with E-state index in [0.717, 1.165) is 16.5 Å². The zero-order chi connectivity index (χ0) is 8.10. The van der Waals surface area contributed by atoms with Gasteiger partial charge in [-0.05, 0) is 23.7 Å². The summed E-state index contributed by atoms with van der Waals surface area (Å²) in [5.41, 5.74) is 1.19. The highest BCUT2D eigenvalue weighted by atomic mass is 28.3. The molecule has 1 rings (SSSR count). The Morgan fingerprint density at radius 3 is 2.55 bits per heavy atom. The first kappa shape index (κ1) is 8.64. The van der Waals surface area contributed by atoms with Gasteiger partial charge in [0.2, 0.25) is 0 Å². The average molecular weight is 186 g/mol. The molecule has 0 saturated carbocycles. The predicted molar refractivity (Wildman–Crippen MR) is 49.7 cm³/mol. The minimum Gasteiger partial charge on any atom is -0.468 e. The zero-order valence-corrected chi connectivity index (χ0v) is 9.92. The van der Waals surface area contributed by atoms with Crippen LogP contribution >= 0.6 is 0 Å². The second-order valence-electron chi connectivity index (χ2n) is 2.37. The summed E-state index contributed by atoms with van der Waals surface area (Å²) in [5, 5.41) is 0. The van der Waals surface area contributed by atoms with Crippen LogP contribution in [0.25, 0.3) is 0 Å². The molecule has 11 heavy (non-hydrogen) atoms. The average Bonchev–Trinajstić information content (AvgIpc) is 2.04. The first-order chi connectivity index (χ1) is 5.33. The van der Waals surface area contributed by atoms with Crippen LogP contribution in [0.5, 0.6) is 0 Å². The van der Waals surface area contributed by atoms with Crippen molar-refractivity contribution in [2.45, 2.75) is 6.04 Å². The molecule has 60 valence electrons. The Balaban J connectivity index is 2.52. The highest BCUT2D eigenvalue weighted by Crippen LogP contribution is 2.02. The summed E-state index contributed by atoms with van der Waals surface area (Å²) in [6.07, 6.45) is 0. The summed E-state index contributed by atoms with van der Waals surface area (Å²) >= 11 is 0. The quantitative estimate of drug-likeness (QED) is 0.589. The van der Waals surface area contributed by atoms with Crippen LogP contribution < -0.4 is 0 Å². The van der Waals surface area contributed by atoms with Gasteiger partial charge in [0.05, 0.1) is 0 Å². The molecule has 0 heterocycles. The fourth-order valence-corrected chi connectivity index (χ4v) is 2.26. The molecule has 1 nitrogen and oxygen atoms in total. The first-order valence-electron chi connectivity index (χ1n) is 3.56. The second-order valence-corrected chi connectivity index (χ2v) is 5.59. The smallest absolute Gasteiger partial charge is 0.150 e. The first-order valence-corrected chi connectivity index (χ1v) is 5.95. The van der Waals surface area contributed by atoms with E-state index in [0.29, 0.717) is 0 Å². The summed E-state index contributed by atoms with van der Waals surface area (Å²) in [7, 11) is 0.486. The second kappa shape index (κ2) is 4.43. The maximum atomic E-state index is 12.4. The Morgan fingerprint density at radius 2 is 2.00 bits per heavy atom. The molecule has 0 radical (unpaired) electrons. The molecule has 1 aromatic carbocycles. The lowest BCUT2D eigenvalue weighted by molar-refractivity contribution is 0.626. The van der Waals surface area contributed by atoms with Crippen molar-refractivity contribution in [3.63, 3.8) is 0 Å². The third-order valence-electron chi connectivity index (χ3n) is 1.51. The summed E-state index contributed by atoms with van der Waals surface area (Å²) < 4.78 is 17.6. The lowest BCUT2D eigenvalue weighted by Crippen LogP contribution is -1.99. The van der Waals surface area contributed by atoms with E-state index in [2.05, 4.69) is 0 Å². The number of halogens is 1. The standard InChI is InChI=1S/C7H11FOSi2/c8-7-3-1-6(2-4-7)5-11-9-10/h1-4H,5,11H2,10H3. The molecule has 1 aromatic rings. The van der Waals surface area contributed by atoms with E-state index < -0.39 is 0 Å². The van der Waals surface area contributed by atoms with Crippen molar-refractivity contribution in [2.75, 3.05) is 0 Å². The fourth-order valence-electron chi connectivity index (χ4n) is 0.871. The maximum absolute atomic E-state index is 12.4. The number of benzene rings is 1. The highest BCUT2D eigenvalue weighted by molar-refractivity contribution is 6.33. The van der Waals surface area contributed by atoms with Crippen LogP contribution in [0.2, 0.25) is 0 Å². The fraction of sp³-hybridized carbons (Fsp3) is 0.143. The van der Waals surface area contributed by atoms with E-state index in [1.54, 1.807) is 0 Å². The molecule has 0 aromatic heterocycles. The number of rotatable bonds is 3. The topological polar surface area (TPSA) is 9.23 Å². The van der Waals surface area contributed by atoms with Crippen molar-refractivity contribution in [1.29, 1.82) is 0 Å². The lowest BCUT2D eigenvalue weighted by Gasteiger charge is -1.98. The van der Waals surface area contributed by atoms with E-state index in [4.69, 9.17) is 4.12 Å². The van der Waals surface area contributed by atoms with Gasteiger partial charge >= 0.3 is 0 Å². The predicted octanol–water partition coefficient (Wildman–Crippen LogP) is -0.294. The Bertz CT molecular complexity index is 212. The highest BCUT2D eigenvalue weighted by Gasteiger charge is 1.92. The molecule has 0 saturated heterocycles. The van der Waals surface area contributed by atoms with Crippen LogP contribution in [0.4, 0.5) is 4.39 Å². The van der Waals surface area contributed by atoms with Gasteiger partial charge in [0.1, 0.15) is 26.1 Å². The van der Waals surface area contributed by atoms with Crippen LogP contribution in [-0.2, 0) is 10.2 Å². The van der Waals surface area contributed by atoms with Crippen molar-refractivity contribution in [1.82, 2.24) is 0 Å². The lowest BCUT2D eigenvalue weighted by atomic mass is 10.2. The summed E-state index contributed by atoms with van der Waals surface area (Å²) in [4.78, 5) is 0. The van der Waals surface area contributed by atoms with Gasteiger partial charge in [-0.2, -0.15) is 0 Å². The van der Waals surface area contributed by atoms with Crippen molar-refractivity contribution in [3.8, 4) is 0 Å². The molecule has 0 atom stereocenters. The summed E-state index contributed by atoms with van der Waals surface area (Å²) in [5.74, 6) is -0.165. The molecule has 0 aliphatic rings. The molecular formula is C7H11FOSi2. The van der Waals surface area contributed by atoms with Crippen LogP contribution in [0.15, 0.2) is 24.3 Å². The summed E-state index contributed by atoms with van der Waals surface area (Å²) in [6.45, 7) is 0. The molecule has 0 N–H and O–H groups in total. The van der Waals surface area contributed by atoms with Crippen molar-refractivity contribution < 1.29 is 8.51 Å². The molecule has 0 aliphatic carbocycles. The van der Waals surface area contributed by atoms with Gasteiger partial charge in [-0.15, -0.1) is 0 Å². The van der Waals surface area contributed by atoms with Gasteiger partial charge in [0.15, 0.2) is 0 Å². The monoisotopic (exact) mass is 186 g/mol. The van der Waals surface area contributed by atoms with E-state index in [9.17, 15) is 4.39 Å². The van der Waals surface area contributed by atoms with Crippen molar-refractivity contribution in [3.05, 3.63) is 35.6 Å². The minimum atomic E-state index is -0.350. The van der Waals surface area contributed by atoms with E-state index in [-0.39, 0.29) is 15.6 Å². The van der Waals surface area contributed by atoms with Crippen molar-refractivity contribution in [2.24, 2.45) is 0 Å². The van der Waals surface area contributed by atoms with Gasteiger partial charge < -0.3 is 4.12 Å². The number of hydrogen-bond acceptors (Lipinski definition) is 1. The van der Waals surface area contributed by atoms with Gasteiger partial charge in [-0.25, -0.2) is 4.39 Å². The normalized spacial score (nSPS) is 11.4. The van der Waals surface area contributed by atoms with Gasteiger partial charge in [0, 0.05) is 0 Å². The van der Waals surface area contributed by atoms with Gasteiger partial charge in [-0.3, -0.25) is 0 Å². The van der Waals surface area contributed by atoms with Crippen LogP contribution in [0.1, 0.15) is 5.56 Å². The Kier molecular flexibility index (Phi) is 3.48. The molecule has 0 bridgehead atoms. The SMILES string of the molecule is Fc1ccc(C[SiH2]O[SiH3])cc1. The van der Waals surface area contributed by atoms with Crippen LogP contribution in [-0.4, -0.2) is 20.2 Å². The Morgan fingerprint density at radius 1 is 1.36 bits per heavy atom. The van der Waals surface area contributed by atoms with Gasteiger partial charge in [-0.1, -0.05) is 12.1 Å².